The Balaban J connectivity index is 0.00000196. The number of rotatable bonds is 3. The molecule has 0 saturated carbocycles. The number of carbonyl (C=O) groups excluding carboxylic acids is 1. The van der Waals surface area contributed by atoms with Crippen LogP contribution in [0.3, 0.4) is 0 Å². The standard InChI is InChI=1S/C9H15N3O2.ClH/c1-4-14-9(13)8-7(5-10)6(2)11-12(8)3;/h4-5,10H2,1-3H3;1H. The van der Waals surface area contributed by atoms with Gasteiger partial charge in [-0.15, -0.1) is 12.4 Å². The van der Waals surface area contributed by atoms with Gasteiger partial charge in [0, 0.05) is 19.2 Å². The molecular formula is C9H16ClN3O2. The molecule has 0 aromatic carbocycles. The van der Waals surface area contributed by atoms with E-state index in [9.17, 15) is 4.79 Å². The molecule has 1 aromatic rings. The zero-order valence-corrected chi connectivity index (χ0v) is 9.93. The first-order valence-corrected chi connectivity index (χ1v) is 4.51. The smallest absolute Gasteiger partial charge is 0.356 e. The Labute approximate surface area is 95.0 Å². The van der Waals surface area contributed by atoms with Crippen LogP contribution in [-0.2, 0) is 18.3 Å². The fourth-order valence-electron chi connectivity index (χ4n) is 1.40. The van der Waals surface area contributed by atoms with Crippen LogP contribution in [0.25, 0.3) is 0 Å². The van der Waals surface area contributed by atoms with Crippen LogP contribution in [0.1, 0.15) is 28.7 Å². The molecule has 1 aromatic heterocycles. The summed E-state index contributed by atoms with van der Waals surface area (Å²) in [4.78, 5) is 11.5. The van der Waals surface area contributed by atoms with Crippen molar-refractivity contribution in [3.63, 3.8) is 0 Å². The average molecular weight is 234 g/mol. The molecule has 0 amide bonds. The summed E-state index contributed by atoms with van der Waals surface area (Å²) in [6.07, 6.45) is 0. The predicted octanol–water partition coefficient (Wildman–Crippen LogP) is 0.786. The number of carbonyl (C=O) groups is 1. The Morgan fingerprint density at radius 3 is 2.67 bits per heavy atom. The monoisotopic (exact) mass is 233 g/mol. The second-order valence-corrected chi connectivity index (χ2v) is 2.96. The van der Waals surface area contributed by atoms with E-state index in [1.165, 1.54) is 4.68 Å². The number of hydrogen-bond donors (Lipinski definition) is 1. The Kier molecular flexibility index (Phi) is 5.32. The number of aryl methyl sites for hydroxylation is 2. The van der Waals surface area contributed by atoms with Crippen molar-refractivity contribution >= 4 is 18.4 Å². The molecule has 86 valence electrons. The highest BCUT2D eigenvalue weighted by Gasteiger charge is 2.19. The summed E-state index contributed by atoms with van der Waals surface area (Å²) in [6.45, 7) is 4.25. The van der Waals surface area contributed by atoms with Crippen LogP contribution in [0.4, 0.5) is 0 Å². The van der Waals surface area contributed by atoms with Crippen molar-refractivity contribution < 1.29 is 9.53 Å². The fraction of sp³-hybridized carbons (Fsp3) is 0.556. The molecule has 0 atom stereocenters. The first-order chi connectivity index (χ1) is 6.61. The van der Waals surface area contributed by atoms with Crippen LogP contribution in [-0.4, -0.2) is 22.4 Å². The van der Waals surface area contributed by atoms with Crippen molar-refractivity contribution in [1.82, 2.24) is 9.78 Å². The Hall–Kier alpha value is -1.07. The largest absolute Gasteiger partial charge is 0.461 e. The maximum Gasteiger partial charge on any atom is 0.356 e. The minimum Gasteiger partial charge on any atom is -0.461 e. The van der Waals surface area contributed by atoms with Gasteiger partial charge in [0.25, 0.3) is 0 Å². The predicted molar refractivity (Wildman–Crippen MR) is 59.0 cm³/mol. The molecule has 6 heteroatoms. The van der Waals surface area contributed by atoms with Gasteiger partial charge in [0.2, 0.25) is 0 Å². The summed E-state index contributed by atoms with van der Waals surface area (Å²) in [5, 5.41) is 4.12. The van der Waals surface area contributed by atoms with Gasteiger partial charge in [-0.05, 0) is 13.8 Å². The van der Waals surface area contributed by atoms with Crippen LogP contribution >= 0.6 is 12.4 Å². The van der Waals surface area contributed by atoms with Gasteiger partial charge < -0.3 is 10.5 Å². The topological polar surface area (TPSA) is 70.1 Å². The summed E-state index contributed by atoms with van der Waals surface area (Å²) in [7, 11) is 1.71. The summed E-state index contributed by atoms with van der Waals surface area (Å²) in [6, 6.07) is 0. The van der Waals surface area contributed by atoms with Gasteiger partial charge >= 0.3 is 5.97 Å². The van der Waals surface area contributed by atoms with Gasteiger partial charge in [0.05, 0.1) is 12.3 Å². The SMILES string of the molecule is CCOC(=O)c1c(CN)c(C)nn1C.Cl. The van der Waals surface area contributed by atoms with Gasteiger partial charge in [0.1, 0.15) is 0 Å². The van der Waals surface area contributed by atoms with Crippen molar-refractivity contribution in [2.24, 2.45) is 12.8 Å². The highest BCUT2D eigenvalue weighted by molar-refractivity contribution is 5.89. The van der Waals surface area contributed by atoms with Crippen molar-refractivity contribution in [2.75, 3.05) is 6.61 Å². The van der Waals surface area contributed by atoms with E-state index in [1.807, 2.05) is 6.92 Å². The van der Waals surface area contributed by atoms with Gasteiger partial charge in [-0.25, -0.2) is 4.79 Å². The molecule has 0 saturated heterocycles. The van der Waals surface area contributed by atoms with Crippen LogP contribution in [0.2, 0.25) is 0 Å². The average Bonchev–Trinajstić information content (AvgIpc) is 2.40. The number of ether oxygens (including phenoxy) is 1. The Bertz CT molecular complexity index is 349. The van der Waals surface area contributed by atoms with Crippen LogP contribution < -0.4 is 5.73 Å². The van der Waals surface area contributed by atoms with E-state index < -0.39 is 0 Å². The molecule has 1 rings (SSSR count). The third-order valence-electron chi connectivity index (χ3n) is 2.02. The summed E-state index contributed by atoms with van der Waals surface area (Å²) >= 11 is 0. The minimum atomic E-state index is -0.365. The molecule has 5 nitrogen and oxygen atoms in total. The molecule has 1 heterocycles. The minimum absolute atomic E-state index is 0. The van der Waals surface area contributed by atoms with E-state index >= 15 is 0 Å². The van der Waals surface area contributed by atoms with Gasteiger partial charge in [-0.3, -0.25) is 4.68 Å². The van der Waals surface area contributed by atoms with E-state index in [-0.39, 0.29) is 18.4 Å². The number of halogens is 1. The first-order valence-electron chi connectivity index (χ1n) is 4.51. The molecule has 2 N–H and O–H groups in total. The van der Waals surface area contributed by atoms with Crippen LogP contribution in [0.15, 0.2) is 0 Å². The third kappa shape index (κ3) is 2.70. The maximum atomic E-state index is 11.5. The first kappa shape index (κ1) is 13.9. The van der Waals surface area contributed by atoms with Crippen molar-refractivity contribution in [3.8, 4) is 0 Å². The quantitative estimate of drug-likeness (QED) is 0.784. The van der Waals surface area contributed by atoms with Crippen molar-refractivity contribution in [2.45, 2.75) is 20.4 Å². The van der Waals surface area contributed by atoms with Crippen LogP contribution in [0, 0.1) is 6.92 Å². The zero-order valence-electron chi connectivity index (χ0n) is 9.11. The van der Waals surface area contributed by atoms with E-state index in [2.05, 4.69) is 5.10 Å². The summed E-state index contributed by atoms with van der Waals surface area (Å²) in [5.41, 5.74) is 7.52. The normalized spacial score (nSPS) is 9.60. The molecule has 0 spiro atoms. The molecule has 0 radical (unpaired) electrons. The zero-order chi connectivity index (χ0) is 10.7. The molecule has 0 fully saturated rings. The second-order valence-electron chi connectivity index (χ2n) is 2.96. The maximum absolute atomic E-state index is 11.5. The van der Waals surface area contributed by atoms with Gasteiger partial charge in [-0.2, -0.15) is 5.10 Å². The molecule has 0 aliphatic rings. The lowest BCUT2D eigenvalue weighted by molar-refractivity contribution is 0.0512. The lowest BCUT2D eigenvalue weighted by Crippen LogP contribution is -2.14. The number of hydrogen-bond acceptors (Lipinski definition) is 4. The number of nitrogens with two attached hydrogens (primary N) is 1. The molecular weight excluding hydrogens is 218 g/mol. The Morgan fingerprint density at radius 1 is 1.60 bits per heavy atom. The van der Waals surface area contributed by atoms with E-state index in [0.29, 0.717) is 18.8 Å². The molecule has 15 heavy (non-hydrogen) atoms. The van der Waals surface area contributed by atoms with Crippen molar-refractivity contribution in [3.05, 3.63) is 17.0 Å². The fourth-order valence-corrected chi connectivity index (χ4v) is 1.40. The lowest BCUT2D eigenvalue weighted by Gasteiger charge is -2.03. The summed E-state index contributed by atoms with van der Waals surface area (Å²) < 4.78 is 6.42. The van der Waals surface area contributed by atoms with Crippen LogP contribution in [0.5, 0.6) is 0 Å². The lowest BCUT2D eigenvalue weighted by atomic mass is 10.2. The van der Waals surface area contributed by atoms with E-state index in [0.717, 1.165) is 11.3 Å². The number of nitrogens with zero attached hydrogens (tertiary/aromatic N) is 2. The second kappa shape index (κ2) is 5.72. The number of aromatic nitrogens is 2. The van der Waals surface area contributed by atoms with Gasteiger partial charge in [0.15, 0.2) is 5.69 Å². The Morgan fingerprint density at radius 2 is 2.20 bits per heavy atom. The van der Waals surface area contributed by atoms with Gasteiger partial charge in [-0.1, -0.05) is 0 Å². The third-order valence-corrected chi connectivity index (χ3v) is 2.02. The highest BCUT2D eigenvalue weighted by Crippen LogP contribution is 2.13. The molecule has 0 aliphatic carbocycles. The highest BCUT2D eigenvalue weighted by atomic mass is 35.5. The molecule has 0 aliphatic heterocycles. The van der Waals surface area contributed by atoms with E-state index in [1.54, 1.807) is 14.0 Å². The molecule has 0 bridgehead atoms. The van der Waals surface area contributed by atoms with E-state index in [4.69, 9.17) is 10.5 Å². The van der Waals surface area contributed by atoms with Crippen molar-refractivity contribution in [1.29, 1.82) is 0 Å². The number of esters is 1. The molecule has 0 unspecified atom stereocenters. The summed E-state index contributed by atoms with van der Waals surface area (Å²) in [5.74, 6) is -0.365.